The van der Waals surface area contributed by atoms with Crippen LogP contribution in [0.5, 0.6) is 5.75 Å². The summed E-state index contributed by atoms with van der Waals surface area (Å²) in [6.07, 6.45) is 4.10. The highest BCUT2D eigenvalue weighted by atomic mass is 35.5. The van der Waals surface area contributed by atoms with Crippen LogP contribution >= 0.6 is 34.8 Å². The second-order valence-corrected chi connectivity index (χ2v) is 12.7. The average Bonchev–Trinajstić information content (AvgIpc) is 3.33. The van der Waals surface area contributed by atoms with E-state index in [0.29, 0.717) is 16.6 Å². The smallest absolute Gasteiger partial charge is 0.255 e. The largest absolute Gasteiger partial charge is 0.491 e. The molecule has 2 saturated heterocycles. The lowest BCUT2D eigenvalue weighted by molar-refractivity contribution is 0.0529. The first kappa shape index (κ1) is 26.2. The van der Waals surface area contributed by atoms with E-state index in [4.69, 9.17) is 39.5 Å². The minimum Gasteiger partial charge on any atom is -0.491 e. The Labute approximate surface area is 229 Å². The Kier molecular flexibility index (Phi) is 7.28. The van der Waals surface area contributed by atoms with Crippen molar-refractivity contribution in [1.29, 1.82) is 0 Å². The van der Waals surface area contributed by atoms with Crippen molar-refractivity contribution in [1.82, 2.24) is 9.80 Å². The summed E-state index contributed by atoms with van der Waals surface area (Å²) in [7, 11) is 0. The van der Waals surface area contributed by atoms with Crippen LogP contribution in [-0.4, -0.2) is 58.4 Å². The van der Waals surface area contributed by atoms with Crippen molar-refractivity contribution in [2.75, 3.05) is 26.2 Å². The number of piperidine rings is 2. The maximum atomic E-state index is 13.1. The van der Waals surface area contributed by atoms with Crippen molar-refractivity contribution in [3.05, 3.63) is 64.2 Å². The number of hydrogen-bond donors (Lipinski definition) is 0. The number of ether oxygens (including phenoxy) is 1. The number of carbonyl (C=O) groups is 1. The van der Waals surface area contributed by atoms with E-state index in [1.165, 1.54) is 5.56 Å². The Morgan fingerprint density at radius 3 is 2.25 bits per heavy atom. The van der Waals surface area contributed by atoms with Crippen molar-refractivity contribution < 1.29 is 9.53 Å². The molecule has 2 aromatic rings. The van der Waals surface area contributed by atoms with Gasteiger partial charge >= 0.3 is 0 Å². The van der Waals surface area contributed by atoms with Crippen LogP contribution in [0, 0.1) is 12.3 Å². The molecule has 1 unspecified atom stereocenters. The Hall–Kier alpha value is -1.46. The number of benzene rings is 2. The third-order valence-corrected chi connectivity index (χ3v) is 10.2. The van der Waals surface area contributed by atoms with E-state index in [2.05, 4.69) is 17.0 Å². The average molecular weight is 550 g/mol. The summed E-state index contributed by atoms with van der Waals surface area (Å²) in [6.45, 7) is 9.51. The van der Waals surface area contributed by atoms with Crippen LogP contribution in [0.3, 0.4) is 0 Å². The summed E-state index contributed by atoms with van der Waals surface area (Å²) in [5, 5.41) is 0.567. The van der Waals surface area contributed by atoms with E-state index in [1.807, 2.05) is 56.0 Å². The molecule has 0 radical (unpaired) electrons. The molecule has 7 heteroatoms. The van der Waals surface area contributed by atoms with Crippen LogP contribution in [0.1, 0.15) is 66.9 Å². The minimum atomic E-state index is -0.720. The first-order valence-electron chi connectivity index (χ1n) is 13.1. The fourth-order valence-electron chi connectivity index (χ4n) is 6.38. The Morgan fingerprint density at radius 2 is 1.64 bits per heavy atom. The first-order chi connectivity index (χ1) is 17.1. The number of halogens is 3. The maximum Gasteiger partial charge on any atom is 0.255 e. The summed E-state index contributed by atoms with van der Waals surface area (Å²) >= 11 is 20.3. The van der Waals surface area contributed by atoms with Gasteiger partial charge in [-0.1, -0.05) is 35.9 Å². The van der Waals surface area contributed by atoms with E-state index >= 15 is 0 Å². The molecule has 5 rings (SSSR count). The molecule has 1 saturated carbocycles. The molecule has 4 nitrogen and oxygen atoms in total. The number of likely N-dealkylation sites (tertiary alicyclic amines) is 2. The van der Waals surface area contributed by atoms with E-state index < -0.39 is 4.33 Å². The molecule has 194 valence electrons. The standard InChI is InChI=1S/C29H35Cl3N2O2/c1-19(2)36-23-9-7-21(8-10-23)26-28(29(26,31)32)13-17-33(18-14-28)22-11-15-34(16-12-22)27(35)24-6-4-5-20(3)25(24)30/h4-10,19,22,26H,11-18H2,1-3H3. The van der Waals surface area contributed by atoms with Gasteiger partial charge < -0.3 is 14.5 Å². The van der Waals surface area contributed by atoms with Crippen LogP contribution in [0.15, 0.2) is 42.5 Å². The van der Waals surface area contributed by atoms with Crippen LogP contribution < -0.4 is 4.74 Å². The fourth-order valence-corrected chi connectivity index (χ4v) is 7.74. The van der Waals surface area contributed by atoms with Gasteiger partial charge in [0.15, 0.2) is 0 Å². The number of alkyl halides is 2. The van der Waals surface area contributed by atoms with Gasteiger partial charge in [-0.3, -0.25) is 4.79 Å². The van der Waals surface area contributed by atoms with Gasteiger partial charge in [-0.05, 0) is 88.9 Å². The number of aryl methyl sites for hydroxylation is 1. The SMILES string of the molecule is Cc1cccc(C(=O)N2CCC(N3CCC4(CC3)C(c3ccc(OC(C)C)cc3)C4(Cl)Cl)CC2)c1Cl. The normalized spacial score (nSPS) is 23.8. The summed E-state index contributed by atoms with van der Waals surface area (Å²) in [6, 6.07) is 14.5. The van der Waals surface area contributed by atoms with E-state index in [1.54, 1.807) is 0 Å². The molecular formula is C29H35Cl3N2O2. The molecule has 0 bridgehead atoms. The van der Waals surface area contributed by atoms with E-state index in [-0.39, 0.29) is 23.3 Å². The van der Waals surface area contributed by atoms with Gasteiger partial charge in [0.1, 0.15) is 10.1 Å². The lowest BCUT2D eigenvalue weighted by Crippen LogP contribution is -2.49. The molecule has 36 heavy (non-hydrogen) atoms. The molecule has 0 N–H and O–H groups in total. The first-order valence-corrected chi connectivity index (χ1v) is 14.2. The lowest BCUT2D eigenvalue weighted by atomic mass is 9.87. The van der Waals surface area contributed by atoms with Gasteiger partial charge in [-0.2, -0.15) is 0 Å². The zero-order chi connectivity index (χ0) is 25.7. The monoisotopic (exact) mass is 548 g/mol. The molecule has 2 heterocycles. The minimum absolute atomic E-state index is 0.0412. The van der Waals surface area contributed by atoms with Crippen molar-refractivity contribution >= 4 is 40.7 Å². The van der Waals surface area contributed by atoms with E-state index in [0.717, 1.165) is 63.2 Å². The number of rotatable bonds is 5. The van der Waals surface area contributed by atoms with Gasteiger partial charge in [0, 0.05) is 30.5 Å². The predicted octanol–water partition coefficient (Wildman–Crippen LogP) is 7.09. The molecule has 0 aromatic heterocycles. The van der Waals surface area contributed by atoms with Crippen molar-refractivity contribution in [2.24, 2.45) is 5.41 Å². The Balaban J connectivity index is 1.17. The molecule has 2 aromatic carbocycles. The van der Waals surface area contributed by atoms with Gasteiger partial charge in [0.05, 0.1) is 16.7 Å². The lowest BCUT2D eigenvalue weighted by Gasteiger charge is -2.42. The second-order valence-electron chi connectivity index (χ2n) is 10.9. The highest BCUT2D eigenvalue weighted by Crippen LogP contribution is 2.78. The van der Waals surface area contributed by atoms with Gasteiger partial charge in [0.25, 0.3) is 5.91 Å². The molecule has 1 spiro atoms. The van der Waals surface area contributed by atoms with Gasteiger partial charge in [-0.15, -0.1) is 23.2 Å². The number of amides is 1. The quantitative estimate of drug-likeness (QED) is 0.373. The van der Waals surface area contributed by atoms with Crippen molar-refractivity contribution in [3.8, 4) is 5.75 Å². The molecule has 3 fully saturated rings. The van der Waals surface area contributed by atoms with Crippen molar-refractivity contribution in [2.45, 2.75) is 68.9 Å². The molecule has 1 aliphatic carbocycles. The molecule has 1 amide bonds. The molecule has 3 aliphatic rings. The zero-order valence-electron chi connectivity index (χ0n) is 21.3. The van der Waals surface area contributed by atoms with Crippen LogP contribution in [0.25, 0.3) is 0 Å². The third-order valence-electron chi connectivity index (χ3n) is 8.46. The highest BCUT2D eigenvalue weighted by molar-refractivity contribution is 6.52. The molecule has 1 atom stereocenters. The Morgan fingerprint density at radius 1 is 1.00 bits per heavy atom. The fraction of sp³-hybridized carbons (Fsp3) is 0.552. The molecule has 2 aliphatic heterocycles. The third kappa shape index (κ3) is 4.64. The number of hydrogen-bond acceptors (Lipinski definition) is 3. The maximum absolute atomic E-state index is 13.1. The topological polar surface area (TPSA) is 32.8 Å². The number of carbonyl (C=O) groups excluding carboxylic acids is 1. The Bertz CT molecular complexity index is 1100. The highest BCUT2D eigenvalue weighted by Gasteiger charge is 2.75. The summed E-state index contributed by atoms with van der Waals surface area (Å²) in [4.78, 5) is 17.6. The summed E-state index contributed by atoms with van der Waals surface area (Å²) in [5.41, 5.74) is 2.68. The van der Waals surface area contributed by atoms with Crippen molar-refractivity contribution in [3.63, 3.8) is 0 Å². The van der Waals surface area contributed by atoms with Crippen LogP contribution in [0.4, 0.5) is 0 Å². The van der Waals surface area contributed by atoms with E-state index in [9.17, 15) is 4.79 Å². The summed E-state index contributed by atoms with van der Waals surface area (Å²) < 4.78 is 5.07. The van der Waals surface area contributed by atoms with Crippen LogP contribution in [-0.2, 0) is 0 Å². The predicted molar refractivity (Wildman–Crippen MR) is 148 cm³/mol. The number of nitrogens with zero attached hydrogens (tertiary/aromatic N) is 2. The summed E-state index contributed by atoms with van der Waals surface area (Å²) in [5.74, 6) is 1.07. The molecular weight excluding hydrogens is 515 g/mol. The zero-order valence-corrected chi connectivity index (χ0v) is 23.5. The van der Waals surface area contributed by atoms with Crippen LogP contribution in [0.2, 0.25) is 5.02 Å². The second kappa shape index (κ2) is 10.0. The van der Waals surface area contributed by atoms with Gasteiger partial charge in [0.2, 0.25) is 0 Å². The van der Waals surface area contributed by atoms with Gasteiger partial charge in [-0.25, -0.2) is 0 Å².